The van der Waals surface area contributed by atoms with Gasteiger partial charge in [0.05, 0.1) is 13.2 Å². The molecule has 7 heteroatoms. The lowest BCUT2D eigenvalue weighted by Crippen LogP contribution is -2.56. The van der Waals surface area contributed by atoms with Gasteiger partial charge < -0.3 is 21.1 Å². The van der Waals surface area contributed by atoms with Crippen LogP contribution in [0, 0.1) is 17.8 Å². The zero-order valence-corrected chi connectivity index (χ0v) is 16.6. The second-order valence-corrected chi connectivity index (χ2v) is 7.68. The van der Waals surface area contributed by atoms with E-state index in [0.717, 1.165) is 0 Å². The third-order valence-corrected chi connectivity index (χ3v) is 3.82. The monoisotopic (exact) mass is 357 g/mol. The summed E-state index contributed by atoms with van der Waals surface area (Å²) >= 11 is 0. The molecule has 0 aromatic carbocycles. The van der Waals surface area contributed by atoms with Gasteiger partial charge in [0.25, 0.3) is 0 Å². The summed E-state index contributed by atoms with van der Waals surface area (Å²) < 4.78 is 4.74. The molecule has 0 spiro atoms. The van der Waals surface area contributed by atoms with E-state index in [9.17, 15) is 14.4 Å². The summed E-state index contributed by atoms with van der Waals surface area (Å²) in [5.41, 5.74) is 5.90. The van der Waals surface area contributed by atoms with E-state index < -0.39 is 30.0 Å². The third kappa shape index (κ3) is 8.86. The van der Waals surface area contributed by atoms with E-state index in [1.807, 2.05) is 41.5 Å². The first-order valence-corrected chi connectivity index (χ1v) is 8.93. The van der Waals surface area contributed by atoms with E-state index in [0.29, 0.717) is 12.8 Å². The zero-order chi connectivity index (χ0) is 19.7. The van der Waals surface area contributed by atoms with Crippen molar-refractivity contribution >= 4 is 17.8 Å². The summed E-state index contributed by atoms with van der Waals surface area (Å²) in [7, 11) is 1.28. The number of carbonyl (C=O) groups excluding carboxylic acids is 3. The molecule has 3 atom stereocenters. The summed E-state index contributed by atoms with van der Waals surface area (Å²) in [6, 6.07) is -2.16. The number of methoxy groups -OCH3 is 1. The van der Waals surface area contributed by atoms with Crippen molar-refractivity contribution in [1.29, 1.82) is 0 Å². The largest absolute Gasteiger partial charge is 0.467 e. The number of esters is 1. The van der Waals surface area contributed by atoms with Crippen molar-refractivity contribution < 1.29 is 19.1 Å². The van der Waals surface area contributed by atoms with Crippen LogP contribution in [0.4, 0.5) is 0 Å². The highest BCUT2D eigenvalue weighted by Gasteiger charge is 2.30. The number of hydrogen-bond acceptors (Lipinski definition) is 5. The number of ether oxygens (including phenoxy) is 1. The number of amides is 2. The Morgan fingerprint density at radius 2 is 1.40 bits per heavy atom. The highest BCUT2D eigenvalue weighted by molar-refractivity contribution is 5.92. The van der Waals surface area contributed by atoms with Crippen LogP contribution in [0.15, 0.2) is 0 Å². The van der Waals surface area contributed by atoms with Crippen molar-refractivity contribution in [2.75, 3.05) is 7.11 Å². The standard InChI is InChI=1S/C18H35N3O4/c1-10(2)8-13(19)16(22)20-14(9-11(3)4)17(23)21-15(12(5)6)18(24)25-7/h10-15H,8-9,19H2,1-7H3,(H,20,22)(H,21,23). The minimum atomic E-state index is -0.756. The van der Waals surface area contributed by atoms with Crippen LogP contribution in [-0.2, 0) is 19.1 Å². The number of rotatable bonds is 10. The van der Waals surface area contributed by atoms with Gasteiger partial charge in [-0.2, -0.15) is 0 Å². The summed E-state index contributed by atoms with van der Waals surface area (Å²) in [6.45, 7) is 11.5. The van der Waals surface area contributed by atoms with Gasteiger partial charge in [0, 0.05) is 0 Å². The molecule has 0 aromatic rings. The van der Waals surface area contributed by atoms with E-state index in [1.165, 1.54) is 7.11 Å². The molecule has 0 aliphatic carbocycles. The highest BCUT2D eigenvalue weighted by Crippen LogP contribution is 2.10. The summed E-state index contributed by atoms with van der Waals surface area (Å²) in [4.78, 5) is 36.7. The lowest BCUT2D eigenvalue weighted by Gasteiger charge is -2.26. The van der Waals surface area contributed by atoms with Gasteiger partial charge in [0.1, 0.15) is 12.1 Å². The molecule has 0 aromatic heterocycles. The number of nitrogens with one attached hydrogen (secondary N) is 2. The maximum absolute atomic E-state index is 12.6. The molecular formula is C18H35N3O4. The van der Waals surface area contributed by atoms with Gasteiger partial charge in [-0.25, -0.2) is 4.79 Å². The van der Waals surface area contributed by atoms with Gasteiger partial charge in [0.2, 0.25) is 11.8 Å². The topological polar surface area (TPSA) is 111 Å². The van der Waals surface area contributed by atoms with Gasteiger partial charge >= 0.3 is 5.97 Å². The molecule has 0 saturated carbocycles. The molecule has 0 fully saturated rings. The van der Waals surface area contributed by atoms with Crippen molar-refractivity contribution in [3.05, 3.63) is 0 Å². The number of hydrogen-bond donors (Lipinski definition) is 3. The molecule has 146 valence electrons. The number of carbonyl (C=O) groups is 3. The molecule has 2 amide bonds. The Hall–Kier alpha value is -1.63. The fourth-order valence-corrected chi connectivity index (χ4v) is 2.48. The van der Waals surface area contributed by atoms with Crippen molar-refractivity contribution in [2.45, 2.75) is 72.5 Å². The van der Waals surface area contributed by atoms with Crippen molar-refractivity contribution in [2.24, 2.45) is 23.5 Å². The Kier molecular flexibility index (Phi) is 10.4. The smallest absolute Gasteiger partial charge is 0.328 e. The van der Waals surface area contributed by atoms with Gasteiger partial charge in [-0.3, -0.25) is 9.59 Å². The molecule has 0 radical (unpaired) electrons. The van der Waals surface area contributed by atoms with Crippen LogP contribution in [0.5, 0.6) is 0 Å². The summed E-state index contributed by atoms with van der Waals surface area (Å²) in [5.74, 6) is -0.920. The second kappa shape index (κ2) is 11.1. The first-order valence-electron chi connectivity index (χ1n) is 8.93. The van der Waals surface area contributed by atoms with Crippen LogP contribution < -0.4 is 16.4 Å². The molecule has 7 nitrogen and oxygen atoms in total. The molecule has 4 N–H and O–H groups in total. The predicted molar refractivity (Wildman–Crippen MR) is 97.6 cm³/mol. The van der Waals surface area contributed by atoms with Gasteiger partial charge in [-0.05, 0) is 30.6 Å². The Labute approximate surface area is 151 Å². The second-order valence-electron chi connectivity index (χ2n) is 7.68. The Morgan fingerprint density at radius 1 is 0.880 bits per heavy atom. The quantitative estimate of drug-likeness (QED) is 0.509. The lowest BCUT2D eigenvalue weighted by molar-refractivity contribution is -0.146. The van der Waals surface area contributed by atoms with Crippen molar-refractivity contribution in [3.63, 3.8) is 0 Å². The predicted octanol–water partition coefficient (Wildman–Crippen LogP) is 1.20. The average molecular weight is 357 g/mol. The zero-order valence-electron chi connectivity index (χ0n) is 16.6. The molecule has 0 aliphatic rings. The third-order valence-electron chi connectivity index (χ3n) is 3.82. The molecular weight excluding hydrogens is 322 g/mol. The summed E-state index contributed by atoms with van der Waals surface area (Å²) in [5, 5.41) is 5.42. The van der Waals surface area contributed by atoms with Crippen LogP contribution in [-0.4, -0.2) is 43.0 Å². The molecule has 0 aliphatic heterocycles. The molecule has 0 bridgehead atoms. The highest BCUT2D eigenvalue weighted by atomic mass is 16.5. The molecule has 3 unspecified atom stereocenters. The van der Waals surface area contributed by atoms with Crippen LogP contribution in [0.3, 0.4) is 0 Å². The van der Waals surface area contributed by atoms with Crippen LogP contribution in [0.2, 0.25) is 0 Å². The van der Waals surface area contributed by atoms with Crippen molar-refractivity contribution in [1.82, 2.24) is 10.6 Å². The Balaban J connectivity index is 5.08. The molecule has 25 heavy (non-hydrogen) atoms. The van der Waals surface area contributed by atoms with E-state index in [-0.39, 0.29) is 23.7 Å². The average Bonchev–Trinajstić information content (AvgIpc) is 2.49. The first-order chi connectivity index (χ1) is 11.5. The first kappa shape index (κ1) is 23.4. The molecule has 0 saturated heterocycles. The number of nitrogens with two attached hydrogens (primary N) is 1. The van der Waals surface area contributed by atoms with E-state index in [1.54, 1.807) is 0 Å². The van der Waals surface area contributed by atoms with Crippen LogP contribution in [0.1, 0.15) is 54.4 Å². The fourth-order valence-electron chi connectivity index (χ4n) is 2.48. The molecule has 0 heterocycles. The van der Waals surface area contributed by atoms with Gasteiger partial charge in [0.15, 0.2) is 0 Å². The minimum absolute atomic E-state index is 0.130. The van der Waals surface area contributed by atoms with Gasteiger partial charge in [-0.15, -0.1) is 0 Å². The van der Waals surface area contributed by atoms with Gasteiger partial charge in [-0.1, -0.05) is 41.5 Å². The maximum atomic E-state index is 12.6. The normalized spacial score (nSPS) is 15.0. The fraction of sp³-hybridized carbons (Fsp3) is 0.833. The van der Waals surface area contributed by atoms with E-state index >= 15 is 0 Å². The summed E-state index contributed by atoms with van der Waals surface area (Å²) in [6.07, 6.45) is 0.997. The van der Waals surface area contributed by atoms with Crippen LogP contribution in [0.25, 0.3) is 0 Å². The molecule has 0 rings (SSSR count). The van der Waals surface area contributed by atoms with E-state index in [2.05, 4.69) is 10.6 Å². The Bertz CT molecular complexity index is 450. The van der Waals surface area contributed by atoms with Crippen molar-refractivity contribution in [3.8, 4) is 0 Å². The lowest BCUT2D eigenvalue weighted by atomic mass is 9.99. The maximum Gasteiger partial charge on any atom is 0.328 e. The van der Waals surface area contributed by atoms with Crippen LogP contribution >= 0.6 is 0 Å². The minimum Gasteiger partial charge on any atom is -0.467 e. The SMILES string of the molecule is COC(=O)C(NC(=O)C(CC(C)C)NC(=O)C(N)CC(C)C)C(C)C. The van der Waals surface area contributed by atoms with E-state index in [4.69, 9.17) is 10.5 Å². The Morgan fingerprint density at radius 3 is 1.80 bits per heavy atom.